The highest BCUT2D eigenvalue weighted by molar-refractivity contribution is 6.03. The molecule has 0 heterocycles. The van der Waals surface area contributed by atoms with Crippen LogP contribution in [0.3, 0.4) is 0 Å². The number of halogens is 20. The summed E-state index contributed by atoms with van der Waals surface area (Å²) in [6, 6.07) is 4.31. The fraction of sp³-hybridized carbons (Fsp3) is 0.0784. The Hall–Kier alpha value is -9.51. The summed E-state index contributed by atoms with van der Waals surface area (Å²) in [5.41, 5.74) is -15.2. The molecule has 0 atom stereocenters. The number of benzene rings is 7. The van der Waals surface area contributed by atoms with Gasteiger partial charge in [0.15, 0.2) is 99.4 Å². The van der Waals surface area contributed by atoms with Crippen molar-refractivity contribution in [3.05, 3.63) is 215 Å². The summed E-state index contributed by atoms with van der Waals surface area (Å²) in [4.78, 5) is 67.1. The zero-order valence-electron chi connectivity index (χ0n) is 38.7. The van der Waals surface area contributed by atoms with Gasteiger partial charge in [0, 0.05) is 5.56 Å². The van der Waals surface area contributed by atoms with Crippen LogP contribution in [-0.4, -0.2) is 35.3 Å². The topological polar surface area (TPSA) is 142 Å². The average Bonchev–Trinajstić information content (AvgIpc) is 3.47. The molecule has 0 saturated heterocycles. The van der Waals surface area contributed by atoms with Gasteiger partial charge in [-0.3, -0.25) is 4.79 Å². The largest absolute Gasteiger partial charge is 0.508 e. The fourth-order valence-corrected chi connectivity index (χ4v) is 7.27. The van der Waals surface area contributed by atoms with Crippen LogP contribution in [0, 0.1) is 116 Å². The van der Waals surface area contributed by atoms with Crippen LogP contribution < -0.4 is 0 Å². The first-order valence-electron chi connectivity index (χ1n) is 21.3. The number of hydrogen-bond acceptors (Lipinski definition) is 10. The van der Waals surface area contributed by atoms with Crippen LogP contribution in [0.2, 0.25) is 0 Å². The summed E-state index contributed by atoms with van der Waals surface area (Å²) < 4.78 is 302. The van der Waals surface area contributed by atoms with Gasteiger partial charge in [0.05, 0.1) is 44.5 Å². The molecule has 7 aromatic rings. The lowest BCUT2D eigenvalue weighted by Crippen LogP contribution is -2.14. The second-order valence-electron chi connectivity index (χ2n) is 16.2. The Morgan fingerprint density at radius 1 is 0.309 bits per heavy atom. The molecule has 0 aliphatic rings. The molecule has 0 amide bonds. The van der Waals surface area contributed by atoms with Gasteiger partial charge >= 0.3 is 23.9 Å². The van der Waals surface area contributed by atoms with Crippen LogP contribution >= 0.6 is 0 Å². The zero-order chi connectivity index (χ0) is 60.0. The molecule has 0 fully saturated rings. The number of hydrogen-bond donors (Lipinski definition) is 1. The molecule has 7 aromatic carbocycles. The minimum absolute atomic E-state index is 0.144. The van der Waals surface area contributed by atoms with E-state index in [-0.39, 0.29) is 6.29 Å². The number of ether oxygens (including phenoxy) is 4. The van der Waals surface area contributed by atoms with Crippen LogP contribution in [0.5, 0.6) is 5.75 Å². The second kappa shape index (κ2) is 23.1. The summed E-state index contributed by atoms with van der Waals surface area (Å²) in [5, 5.41) is 11.0. The number of carbonyl (C=O) groups excluding carboxylic acids is 5. The SMILES string of the molecule is O=Cc1c(-c2cc(C(=O)OCc3c(F)c(F)c(F)c(F)c3F)cc(C(=O)OCc3c(F)c(F)c(F)c(F)c3F)c2)cc(O)cc1-c1cc(C(=O)OCc2c(F)c(F)c(F)c(F)c2F)cc(C(=O)OCc2c(F)c(F)c(F)c(F)c2F)c1. The molecule has 422 valence electrons. The molecule has 0 spiro atoms. The molecule has 0 aliphatic carbocycles. The van der Waals surface area contributed by atoms with Crippen molar-refractivity contribution in [1.29, 1.82) is 0 Å². The average molecular weight is 1170 g/mol. The number of esters is 4. The van der Waals surface area contributed by atoms with Gasteiger partial charge < -0.3 is 24.1 Å². The van der Waals surface area contributed by atoms with Gasteiger partial charge in [0.1, 0.15) is 32.2 Å². The number of aldehydes is 1. The molecule has 0 saturated carbocycles. The lowest BCUT2D eigenvalue weighted by Gasteiger charge is -2.16. The summed E-state index contributed by atoms with van der Waals surface area (Å²) in [5.74, 6) is -59.3. The van der Waals surface area contributed by atoms with E-state index < -0.39 is 245 Å². The number of rotatable bonds is 15. The maximum Gasteiger partial charge on any atom is 0.338 e. The van der Waals surface area contributed by atoms with Crippen LogP contribution in [0.15, 0.2) is 48.5 Å². The molecule has 7 rings (SSSR count). The Kier molecular flexibility index (Phi) is 16.8. The van der Waals surface area contributed by atoms with Gasteiger partial charge in [0.25, 0.3) is 0 Å². The first-order valence-corrected chi connectivity index (χ1v) is 21.3. The molecular formula is C51H18F20O10. The van der Waals surface area contributed by atoms with Crippen molar-refractivity contribution in [3.63, 3.8) is 0 Å². The first kappa shape index (κ1) is 59.2. The molecular weight excluding hydrogens is 1150 g/mol. The normalized spacial score (nSPS) is 11.2. The van der Waals surface area contributed by atoms with Gasteiger partial charge in [0.2, 0.25) is 23.3 Å². The van der Waals surface area contributed by atoms with Gasteiger partial charge in [-0.1, -0.05) is 0 Å². The zero-order valence-corrected chi connectivity index (χ0v) is 38.7. The smallest absolute Gasteiger partial charge is 0.338 e. The maximum atomic E-state index is 14.5. The highest BCUT2D eigenvalue weighted by Gasteiger charge is 2.32. The van der Waals surface area contributed by atoms with Crippen molar-refractivity contribution < 1.29 is 136 Å². The summed E-state index contributed by atoms with van der Waals surface area (Å²) in [7, 11) is 0. The number of phenolic OH excluding ortho intramolecular Hbond substituents is 1. The monoisotopic (exact) mass is 1170 g/mol. The molecule has 0 unspecified atom stereocenters. The number of carbonyl (C=O) groups is 5. The molecule has 0 radical (unpaired) electrons. The van der Waals surface area contributed by atoms with E-state index in [2.05, 4.69) is 0 Å². The number of phenols is 1. The van der Waals surface area contributed by atoms with Crippen LogP contribution in [0.1, 0.15) is 74.0 Å². The van der Waals surface area contributed by atoms with Crippen molar-refractivity contribution in [2.45, 2.75) is 26.4 Å². The Balaban J connectivity index is 1.36. The Morgan fingerprint density at radius 3 is 0.679 bits per heavy atom. The minimum Gasteiger partial charge on any atom is -0.508 e. The van der Waals surface area contributed by atoms with Crippen molar-refractivity contribution in [3.8, 4) is 28.0 Å². The predicted molar refractivity (Wildman–Crippen MR) is 226 cm³/mol. The third-order valence-corrected chi connectivity index (χ3v) is 11.3. The predicted octanol–water partition coefficient (Wildman–Crippen LogP) is 12.7. The highest BCUT2D eigenvalue weighted by atomic mass is 19.2. The lowest BCUT2D eigenvalue weighted by molar-refractivity contribution is 0.0442. The molecule has 0 bridgehead atoms. The van der Waals surface area contributed by atoms with Crippen molar-refractivity contribution >= 4 is 30.2 Å². The quantitative estimate of drug-likeness (QED) is 0.0263. The van der Waals surface area contributed by atoms with Crippen molar-refractivity contribution in [2.75, 3.05) is 0 Å². The molecule has 30 heteroatoms. The van der Waals surface area contributed by atoms with Crippen molar-refractivity contribution in [2.24, 2.45) is 0 Å². The van der Waals surface area contributed by atoms with Crippen LogP contribution in [0.4, 0.5) is 87.8 Å². The Labute approximate surface area is 434 Å². The number of aromatic hydroxyl groups is 1. The first-order chi connectivity index (χ1) is 38.0. The van der Waals surface area contributed by atoms with E-state index in [4.69, 9.17) is 18.9 Å². The highest BCUT2D eigenvalue weighted by Crippen LogP contribution is 2.38. The van der Waals surface area contributed by atoms with Crippen LogP contribution in [0.25, 0.3) is 22.3 Å². The fourth-order valence-electron chi connectivity index (χ4n) is 7.27. The third-order valence-electron chi connectivity index (χ3n) is 11.3. The van der Waals surface area contributed by atoms with Gasteiger partial charge in [-0.05, 0) is 70.8 Å². The van der Waals surface area contributed by atoms with Gasteiger partial charge in [-0.15, -0.1) is 0 Å². The van der Waals surface area contributed by atoms with Gasteiger partial charge in [-0.25, -0.2) is 107 Å². The van der Waals surface area contributed by atoms with Crippen molar-refractivity contribution in [1.82, 2.24) is 0 Å². The Morgan fingerprint density at radius 2 is 0.494 bits per heavy atom. The summed E-state index contributed by atoms with van der Waals surface area (Å²) >= 11 is 0. The van der Waals surface area contributed by atoms with E-state index in [0.717, 1.165) is 0 Å². The molecule has 10 nitrogen and oxygen atoms in total. The van der Waals surface area contributed by atoms with Gasteiger partial charge in [-0.2, -0.15) is 0 Å². The maximum absolute atomic E-state index is 14.5. The van der Waals surface area contributed by atoms with E-state index >= 15 is 0 Å². The second-order valence-corrected chi connectivity index (χ2v) is 16.2. The molecule has 0 aromatic heterocycles. The summed E-state index contributed by atoms with van der Waals surface area (Å²) in [6.45, 7) is -7.18. The van der Waals surface area contributed by atoms with E-state index in [1.807, 2.05) is 0 Å². The third kappa shape index (κ3) is 11.1. The lowest BCUT2D eigenvalue weighted by atomic mass is 9.89. The molecule has 1 N–H and O–H groups in total. The van der Waals surface area contributed by atoms with E-state index in [0.29, 0.717) is 48.5 Å². The molecule has 81 heavy (non-hydrogen) atoms. The van der Waals surface area contributed by atoms with Crippen LogP contribution in [-0.2, 0) is 45.4 Å². The standard InChI is InChI=1S/C51H18F20O10/c52-28-24(29(53)37(61)44(68)36(28)60)10-78-48(74)16-1-14(2-17(5-16)49(75)79-11-25-30(54)38(62)45(69)39(63)31(25)55)21-7-20(73)8-22(23(21)9-72)15-3-18(50(76)80-12-26-32(56)40(64)46(70)41(65)33(26)57)6-19(4-15)51(77)81-13-27-34(58)42(66)47(71)43(67)35(27)59/h1-9,73H,10-13H2. The Bertz CT molecular complexity index is 3310. The molecule has 0 aliphatic heterocycles. The van der Waals surface area contributed by atoms with E-state index in [1.54, 1.807) is 0 Å². The summed E-state index contributed by atoms with van der Waals surface area (Å²) in [6.07, 6.45) is -0.144. The van der Waals surface area contributed by atoms with E-state index in [1.165, 1.54) is 0 Å². The van der Waals surface area contributed by atoms with E-state index in [9.17, 15) is 117 Å². The minimum atomic E-state index is -2.64.